The van der Waals surface area contributed by atoms with Crippen LogP contribution < -0.4 is 10.6 Å². The van der Waals surface area contributed by atoms with E-state index in [-0.39, 0.29) is 6.10 Å². The molecule has 0 radical (unpaired) electrons. The Hall–Kier alpha value is -2.96. The molecule has 2 aromatic heterocycles. The summed E-state index contributed by atoms with van der Waals surface area (Å²) in [6, 6.07) is 15.0. The van der Waals surface area contributed by atoms with Crippen molar-refractivity contribution < 1.29 is 9.53 Å². The van der Waals surface area contributed by atoms with E-state index in [0.29, 0.717) is 29.4 Å². The van der Waals surface area contributed by atoms with Crippen molar-refractivity contribution in [2.75, 3.05) is 24.6 Å². The van der Waals surface area contributed by atoms with E-state index in [1.54, 1.807) is 24.5 Å². The summed E-state index contributed by atoms with van der Waals surface area (Å²) in [5.74, 6) is -0.507. The van der Waals surface area contributed by atoms with Crippen LogP contribution in [0.3, 0.4) is 0 Å². The molecule has 142 valence electrons. The fourth-order valence-corrected chi connectivity index (χ4v) is 3.57. The smallest absolute Gasteiger partial charge is 0.250 e. The molecule has 0 aliphatic carbocycles. The number of hydrogen-bond acceptors (Lipinski definition) is 5. The van der Waals surface area contributed by atoms with Crippen LogP contribution in [0, 0.1) is 0 Å². The minimum Gasteiger partial charge on any atom is -0.368 e. The van der Waals surface area contributed by atoms with E-state index < -0.39 is 5.91 Å². The zero-order chi connectivity index (χ0) is 19.5. The van der Waals surface area contributed by atoms with Crippen LogP contribution >= 0.6 is 11.6 Å². The van der Waals surface area contributed by atoms with Crippen molar-refractivity contribution in [1.29, 1.82) is 0 Å². The second kappa shape index (κ2) is 7.96. The highest BCUT2D eigenvalue weighted by Crippen LogP contribution is 2.33. The molecule has 1 amide bonds. The summed E-state index contributed by atoms with van der Waals surface area (Å²) in [6.07, 6.45) is 3.05. The molecule has 4 rings (SSSR count). The van der Waals surface area contributed by atoms with Gasteiger partial charge in [-0.05, 0) is 42.5 Å². The first-order valence-electron chi connectivity index (χ1n) is 8.95. The molecular formula is C21H19ClN4O2. The van der Waals surface area contributed by atoms with Crippen LogP contribution in [0.4, 0.5) is 5.69 Å². The first kappa shape index (κ1) is 18.4. The zero-order valence-electron chi connectivity index (χ0n) is 15.1. The number of halogens is 1. The molecule has 3 aromatic rings. The summed E-state index contributed by atoms with van der Waals surface area (Å²) >= 11 is 6.41. The highest BCUT2D eigenvalue weighted by molar-refractivity contribution is 6.33. The number of pyridine rings is 2. The predicted octanol–water partition coefficient (Wildman–Crippen LogP) is 3.47. The van der Waals surface area contributed by atoms with Gasteiger partial charge < -0.3 is 15.4 Å². The Kier molecular flexibility index (Phi) is 5.23. The van der Waals surface area contributed by atoms with Crippen molar-refractivity contribution in [2.45, 2.75) is 6.10 Å². The number of carbonyl (C=O) groups excluding carboxylic acids is 1. The fourth-order valence-electron chi connectivity index (χ4n) is 3.36. The highest BCUT2D eigenvalue weighted by Gasteiger charge is 2.27. The minimum absolute atomic E-state index is 0.341. The lowest BCUT2D eigenvalue weighted by atomic mass is 10.1. The van der Waals surface area contributed by atoms with Crippen LogP contribution in [0.2, 0.25) is 5.02 Å². The van der Waals surface area contributed by atoms with Gasteiger partial charge in [-0.15, -0.1) is 0 Å². The lowest BCUT2D eigenvalue weighted by Crippen LogP contribution is -2.39. The van der Waals surface area contributed by atoms with Gasteiger partial charge >= 0.3 is 0 Å². The lowest BCUT2D eigenvalue weighted by molar-refractivity contribution is 0.0363. The third kappa shape index (κ3) is 3.69. The number of amides is 1. The number of ether oxygens (including phenoxy) is 1. The highest BCUT2D eigenvalue weighted by atomic mass is 35.5. The molecule has 1 atom stereocenters. The molecular weight excluding hydrogens is 376 g/mol. The molecule has 0 spiro atoms. The van der Waals surface area contributed by atoms with Gasteiger partial charge in [0.15, 0.2) is 0 Å². The summed E-state index contributed by atoms with van der Waals surface area (Å²) in [5.41, 5.74) is 9.16. The van der Waals surface area contributed by atoms with Gasteiger partial charge in [0, 0.05) is 36.7 Å². The lowest BCUT2D eigenvalue weighted by Gasteiger charge is -2.35. The molecule has 3 heterocycles. The van der Waals surface area contributed by atoms with Gasteiger partial charge in [0.25, 0.3) is 5.91 Å². The van der Waals surface area contributed by atoms with Gasteiger partial charge in [0.2, 0.25) is 0 Å². The van der Waals surface area contributed by atoms with Gasteiger partial charge in [-0.3, -0.25) is 14.8 Å². The average Bonchev–Trinajstić information content (AvgIpc) is 2.75. The Morgan fingerprint density at radius 2 is 2.00 bits per heavy atom. The number of hydrogen-bond donors (Lipinski definition) is 1. The number of primary amides is 1. The molecule has 7 heteroatoms. The van der Waals surface area contributed by atoms with Crippen LogP contribution in [0.15, 0.2) is 60.9 Å². The van der Waals surface area contributed by atoms with Gasteiger partial charge in [0.05, 0.1) is 28.6 Å². The minimum atomic E-state index is -0.507. The third-order valence-electron chi connectivity index (χ3n) is 4.73. The summed E-state index contributed by atoms with van der Waals surface area (Å²) in [4.78, 5) is 22.7. The average molecular weight is 395 g/mol. The zero-order valence-corrected chi connectivity index (χ0v) is 15.8. The quantitative estimate of drug-likeness (QED) is 0.732. The van der Waals surface area contributed by atoms with Crippen molar-refractivity contribution >= 4 is 23.2 Å². The van der Waals surface area contributed by atoms with Crippen molar-refractivity contribution in [2.24, 2.45) is 5.73 Å². The fraction of sp³-hybridized carbons (Fsp3) is 0.190. The van der Waals surface area contributed by atoms with E-state index in [1.807, 2.05) is 36.4 Å². The van der Waals surface area contributed by atoms with Crippen molar-refractivity contribution in [3.8, 4) is 11.3 Å². The second-order valence-corrected chi connectivity index (χ2v) is 6.89. The largest absolute Gasteiger partial charge is 0.368 e. The van der Waals surface area contributed by atoms with E-state index in [0.717, 1.165) is 23.5 Å². The monoisotopic (exact) mass is 394 g/mol. The molecule has 1 aliphatic rings. The number of morpholine rings is 1. The second-order valence-electron chi connectivity index (χ2n) is 6.49. The maximum absolute atomic E-state index is 11.7. The number of nitrogens with zero attached hydrogens (tertiary/aromatic N) is 3. The predicted molar refractivity (Wildman–Crippen MR) is 108 cm³/mol. The molecule has 6 nitrogen and oxygen atoms in total. The number of benzene rings is 1. The molecule has 1 aromatic carbocycles. The maximum Gasteiger partial charge on any atom is 0.250 e. The molecule has 1 saturated heterocycles. The van der Waals surface area contributed by atoms with Crippen LogP contribution in [-0.2, 0) is 4.74 Å². The molecule has 0 bridgehead atoms. The normalized spacial score (nSPS) is 16.8. The first-order valence-corrected chi connectivity index (χ1v) is 9.33. The van der Waals surface area contributed by atoms with E-state index in [1.165, 1.54) is 0 Å². The number of aromatic nitrogens is 2. The first-order chi connectivity index (χ1) is 13.6. The molecule has 1 aliphatic heterocycles. The van der Waals surface area contributed by atoms with E-state index in [4.69, 9.17) is 22.1 Å². The SMILES string of the molecule is NC(=O)c1cccnc1C1CN(c2ccc(Cl)c(-c3ccccn3)c2)CCO1. The Morgan fingerprint density at radius 3 is 2.79 bits per heavy atom. The number of nitrogens with two attached hydrogens (primary N) is 1. The number of anilines is 1. The van der Waals surface area contributed by atoms with Gasteiger partial charge in [-0.2, -0.15) is 0 Å². The van der Waals surface area contributed by atoms with Crippen molar-refractivity contribution in [3.05, 3.63) is 77.2 Å². The Balaban J connectivity index is 1.63. The van der Waals surface area contributed by atoms with Gasteiger partial charge in [-0.1, -0.05) is 17.7 Å². The van der Waals surface area contributed by atoms with E-state index in [2.05, 4.69) is 14.9 Å². The topological polar surface area (TPSA) is 81.3 Å². The number of rotatable bonds is 4. The van der Waals surface area contributed by atoms with Crippen LogP contribution in [0.25, 0.3) is 11.3 Å². The Bertz CT molecular complexity index is 997. The van der Waals surface area contributed by atoms with E-state index >= 15 is 0 Å². The molecule has 2 N–H and O–H groups in total. The van der Waals surface area contributed by atoms with Gasteiger partial charge in [0.1, 0.15) is 6.10 Å². The van der Waals surface area contributed by atoms with Crippen LogP contribution in [0.5, 0.6) is 0 Å². The van der Waals surface area contributed by atoms with Gasteiger partial charge in [-0.25, -0.2) is 0 Å². The Labute approximate surface area is 167 Å². The molecule has 1 unspecified atom stereocenters. The van der Waals surface area contributed by atoms with Crippen molar-refractivity contribution in [1.82, 2.24) is 9.97 Å². The Morgan fingerprint density at radius 1 is 1.14 bits per heavy atom. The third-order valence-corrected chi connectivity index (χ3v) is 5.06. The summed E-state index contributed by atoms with van der Waals surface area (Å²) < 4.78 is 5.89. The van der Waals surface area contributed by atoms with E-state index in [9.17, 15) is 4.79 Å². The summed E-state index contributed by atoms with van der Waals surface area (Å²) in [7, 11) is 0. The summed E-state index contributed by atoms with van der Waals surface area (Å²) in [5, 5.41) is 0.646. The maximum atomic E-state index is 11.7. The molecule has 1 fully saturated rings. The van der Waals surface area contributed by atoms with Crippen molar-refractivity contribution in [3.63, 3.8) is 0 Å². The van der Waals surface area contributed by atoms with Crippen LogP contribution in [-0.4, -0.2) is 35.6 Å². The summed E-state index contributed by atoms with van der Waals surface area (Å²) in [6.45, 7) is 1.79. The molecule has 28 heavy (non-hydrogen) atoms. The standard InChI is InChI=1S/C21H19ClN4O2/c22-17-7-6-14(12-16(17)18-5-1-2-8-24-18)26-10-11-28-19(13-26)20-15(21(23)27)4-3-9-25-20/h1-9,12,19H,10-11,13H2,(H2,23,27). The molecule has 0 saturated carbocycles. The van der Waals surface area contributed by atoms with Crippen LogP contribution in [0.1, 0.15) is 22.2 Å². The number of carbonyl (C=O) groups is 1.